The number of hydrogen-bond donors (Lipinski definition) is 1. The summed E-state index contributed by atoms with van der Waals surface area (Å²) in [5.41, 5.74) is 7.82. The van der Waals surface area contributed by atoms with E-state index in [1.54, 1.807) is 32.2 Å². The molecule has 1 amide bonds. The summed E-state index contributed by atoms with van der Waals surface area (Å²) in [6.45, 7) is 8.41. The zero-order chi connectivity index (χ0) is 37.7. The molecule has 0 spiro atoms. The molecule has 0 radical (unpaired) electrons. The number of aldehydes is 1. The molecule has 270 valence electrons. The molecule has 1 aliphatic rings. The highest BCUT2D eigenvalue weighted by Gasteiger charge is 2.44. The molecule has 1 aromatic heterocycles. The average Bonchev–Trinajstić information content (AvgIpc) is 3.47. The maximum absolute atomic E-state index is 11.8. The Morgan fingerprint density at radius 1 is 0.962 bits per heavy atom. The number of carbonyl (C=O) groups excluding carboxylic acids is 1. The van der Waals surface area contributed by atoms with E-state index in [2.05, 4.69) is 43.1 Å². The van der Waals surface area contributed by atoms with Crippen molar-refractivity contribution in [3.8, 4) is 45.6 Å². The van der Waals surface area contributed by atoms with Gasteiger partial charge in [0.05, 0.1) is 28.8 Å². The molecule has 1 atom stereocenters. The third kappa shape index (κ3) is 8.12. The molecule has 1 saturated heterocycles. The van der Waals surface area contributed by atoms with Crippen molar-refractivity contribution in [2.24, 2.45) is 0 Å². The van der Waals surface area contributed by atoms with Gasteiger partial charge >= 0.3 is 6.09 Å². The van der Waals surface area contributed by atoms with Gasteiger partial charge < -0.3 is 24.1 Å². The molecule has 1 aliphatic heterocycles. The molecule has 5 aromatic rings. The standard InChI is InChI=1S/C42H38ClN3O7/c1-26-31(23-52-40-17-39(32(21-47)16-38(40)43)51-22-29-15-28(18-44)19-45-20-29)7-5-9-36(26)37-10-6-8-35(27(37)2)30-11-13-34(14-12-30)50-24-33-25-53-42(3,4)46(33)41(48)49/h5-17,19-21,33H,22-25H2,1-4H3,(H,48,49)/t33-/m1/s1. The molecule has 1 N–H and O–H groups in total. The fraction of sp³-hybridized carbons (Fsp3) is 0.238. The first kappa shape index (κ1) is 36.9. The van der Waals surface area contributed by atoms with Crippen LogP contribution in [0.15, 0.2) is 91.3 Å². The van der Waals surface area contributed by atoms with Crippen LogP contribution in [0.5, 0.6) is 17.2 Å². The summed E-state index contributed by atoms with van der Waals surface area (Å²) in [4.78, 5) is 29.0. The fourth-order valence-corrected chi connectivity index (χ4v) is 6.74. The molecular formula is C42H38ClN3O7. The number of hydrogen-bond acceptors (Lipinski definition) is 8. The molecule has 53 heavy (non-hydrogen) atoms. The van der Waals surface area contributed by atoms with Gasteiger partial charge in [-0.2, -0.15) is 5.26 Å². The van der Waals surface area contributed by atoms with Crippen molar-refractivity contribution in [3.63, 3.8) is 0 Å². The Balaban J connectivity index is 1.16. The van der Waals surface area contributed by atoms with Crippen LogP contribution in [-0.4, -0.2) is 52.4 Å². The van der Waals surface area contributed by atoms with Crippen LogP contribution in [0.1, 0.15) is 52.0 Å². The first-order chi connectivity index (χ1) is 25.5. The van der Waals surface area contributed by atoms with E-state index in [1.807, 2.05) is 42.5 Å². The van der Waals surface area contributed by atoms with E-state index in [4.69, 9.17) is 30.5 Å². The number of benzene rings is 4. The van der Waals surface area contributed by atoms with Crippen molar-refractivity contribution in [1.29, 1.82) is 5.26 Å². The second-order valence-corrected chi connectivity index (χ2v) is 13.6. The third-order valence-corrected chi connectivity index (χ3v) is 9.65. The maximum atomic E-state index is 11.8. The van der Waals surface area contributed by atoms with Crippen LogP contribution in [-0.2, 0) is 18.0 Å². The van der Waals surface area contributed by atoms with Crippen LogP contribution in [0.4, 0.5) is 4.79 Å². The van der Waals surface area contributed by atoms with E-state index >= 15 is 0 Å². The topological polar surface area (TPSA) is 131 Å². The normalized spacial score (nSPS) is 14.7. The third-order valence-electron chi connectivity index (χ3n) is 9.35. The second-order valence-electron chi connectivity index (χ2n) is 13.2. The number of carbonyl (C=O) groups is 2. The Morgan fingerprint density at radius 2 is 1.66 bits per heavy atom. The van der Waals surface area contributed by atoms with Crippen LogP contribution >= 0.6 is 11.6 Å². The molecule has 0 bridgehead atoms. The molecule has 4 aromatic carbocycles. The van der Waals surface area contributed by atoms with Crippen molar-refractivity contribution in [1.82, 2.24) is 9.88 Å². The quantitative estimate of drug-likeness (QED) is 0.125. The summed E-state index contributed by atoms with van der Waals surface area (Å²) < 4.78 is 23.8. The lowest BCUT2D eigenvalue weighted by Gasteiger charge is -2.30. The predicted octanol–water partition coefficient (Wildman–Crippen LogP) is 9.02. The molecule has 6 rings (SSSR count). The summed E-state index contributed by atoms with van der Waals surface area (Å²) in [6.07, 6.45) is 2.70. The number of halogens is 1. The lowest BCUT2D eigenvalue weighted by Crippen LogP contribution is -2.49. The monoisotopic (exact) mass is 731 g/mol. The van der Waals surface area contributed by atoms with Crippen LogP contribution in [0.3, 0.4) is 0 Å². The summed E-state index contributed by atoms with van der Waals surface area (Å²) in [5, 5.41) is 19.1. The maximum Gasteiger partial charge on any atom is 0.410 e. The minimum atomic E-state index is -1.04. The summed E-state index contributed by atoms with van der Waals surface area (Å²) in [6, 6.07) is 26.5. The molecule has 1 fully saturated rings. The van der Waals surface area contributed by atoms with E-state index in [-0.39, 0.29) is 37.0 Å². The van der Waals surface area contributed by atoms with Gasteiger partial charge in [-0.05, 0) is 90.9 Å². The highest BCUT2D eigenvalue weighted by atomic mass is 35.5. The van der Waals surface area contributed by atoms with E-state index in [9.17, 15) is 20.0 Å². The molecule has 0 saturated carbocycles. The van der Waals surface area contributed by atoms with Crippen LogP contribution in [0.25, 0.3) is 22.3 Å². The molecular weight excluding hydrogens is 694 g/mol. The van der Waals surface area contributed by atoms with Crippen molar-refractivity contribution < 1.29 is 33.6 Å². The van der Waals surface area contributed by atoms with E-state index in [0.29, 0.717) is 34.7 Å². The largest absolute Gasteiger partial charge is 0.491 e. The van der Waals surface area contributed by atoms with Gasteiger partial charge in [-0.3, -0.25) is 14.7 Å². The fourth-order valence-electron chi connectivity index (χ4n) is 6.51. The van der Waals surface area contributed by atoms with Crippen LogP contribution in [0.2, 0.25) is 5.02 Å². The summed E-state index contributed by atoms with van der Waals surface area (Å²) in [5.74, 6) is 1.31. The molecule has 10 nitrogen and oxygen atoms in total. The molecule has 11 heteroatoms. The van der Waals surface area contributed by atoms with Crippen molar-refractivity contribution in [2.75, 3.05) is 13.2 Å². The Morgan fingerprint density at radius 3 is 2.38 bits per heavy atom. The van der Waals surface area contributed by atoms with Crippen molar-refractivity contribution in [2.45, 2.75) is 52.7 Å². The smallest absolute Gasteiger partial charge is 0.410 e. The Bertz CT molecular complexity index is 2200. The highest BCUT2D eigenvalue weighted by molar-refractivity contribution is 6.32. The minimum Gasteiger partial charge on any atom is -0.491 e. The average molecular weight is 732 g/mol. The number of rotatable bonds is 12. The number of ether oxygens (including phenoxy) is 4. The number of nitrogens with zero attached hydrogens (tertiary/aromatic N) is 3. The van der Waals surface area contributed by atoms with Gasteiger partial charge in [-0.15, -0.1) is 0 Å². The van der Waals surface area contributed by atoms with Gasteiger partial charge in [0.2, 0.25) is 0 Å². The van der Waals surface area contributed by atoms with Gasteiger partial charge in [0, 0.05) is 24.0 Å². The Labute approximate surface area is 313 Å². The lowest BCUT2D eigenvalue weighted by atomic mass is 9.89. The highest BCUT2D eigenvalue weighted by Crippen LogP contribution is 2.37. The van der Waals surface area contributed by atoms with E-state index in [0.717, 1.165) is 38.9 Å². The Hall–Kier alpha value is -5.89. The van der Waals surface area contributed by atoms with Crippen LogP contribution in [0, 0.1) is 25.2 Å². The number of aromatic nitrogens is 1. The zero-order valence-electron chi connectivity index (χ0n) is 29.8. The van der Waals surface area contributed by atoms with E-state index in [1.165, 1.54) is 17.2 Å². The molecule has 0 unspecified atom stereocenters. The van der Waals surface area contributed by atoms with Gasteiger partial charge in [0.1, 0.15) is 48.9 Å². The van der Waals surface area contributed by atoms with Gasteiger partial charge in [0.15, 0.2) is 6.29 Å². The molecule has 0 aliphatic carbocycles. The number of carboxylic acid groups (broad SMARTS) is 1. The number of amides is 1. The molecule has 2 heterocycles. The van der Waals surface area contributed by atoms with Crippen molar-refractivity contribution in [3.05, 3.63) is 130 Å². The van der Waals surface area contributed by atoms with Gasteiger partial charge in [-0.1, -0.05) is 60.1 Å². The zero-order valence-corrected chi connectivity index (χ0v) is 30.5. The Kier molecular flexibility index (Phi) is 11.0. The SMILES string of the molecule is Cc1c(COc2cc(OCc3cncc(C#N)c3)c(C=O)cc2Cl)cccc1-c1cccc(-c2ccc(OC[C@@H]3COC(C)(C)N3C(=O)O)cc2)c1C. The predicted molar refractivity (Wildman–Crippen MR) is 200 cm³/mol. The van der Waals surface area contributed by atoms with Gasteiger partial charge in [-0.25, -0.2) is 4.79 Å². The first-order valence-corrected chi connectivity index (χ1v) is 17.3. The first-order valence-electron chi connectivity index (χ1n) is 17.0. The van der Waals surface area contributed by atoms with Gasteiger partial charge in [0.25, 0.3) is 0 Å². The number of nitriles is 1. The second kappa shape index (κ2) is 15.8. The summed E-state index contributed by atoms with van der Waals surface area (Å²) in [7, 11) is 0. The summed E-state index contributed by atoms with van der Waals surface area (Å²) >= 11 is 6.53. The van der Waals surface area contributed by atoms with Crippen LogP contribution < -0.4 is 14.2 Å². The van der Waals surface area contributed by atoms with E-state index < -0.39 is 17.9 Å². The number of pyridine rings is 1. The van der Waals surface area contributed by atoms with Crippen molar-refractivity contribution >= 4 is 24.0 Å². The minimum absolute atomic E-state index is 0.101. The lowest BCUT2D eigenvalue weighted by molar-refractivity contribution is -0.0430.